The van der Waals surface area contributed by atoms with E-state index in [2.05, 4.69) is 4.98 Å². The smallest absolute Gasteiger partial charge is 0.343 e. The van der Waals surface area contributed by atoms with Gasteiger partial charge in [-0.3, -0.25) is 0 Å². The molecule has 0 radical (unpaired) electrons. The lowest BCUT2D eigenvalue weighted by atomic mass is 10.1. The van der Waals surface area contributed by atoms with Crippen LogP contribution in [-0.4, -0.2) is 35.6 Å². The predicted octanol–water partition coefficient (Wildman–Crippen LogP) is 4.38. The molecule has 2 aromatic rings. The third-order valence-corrected chi connectivity index (χ3v) is 4.20. The highest BCUT2D eigenvalue weighted by Gasteiger charge is 2.24. The SMILES string of the molecule is CCOC(=O)c1c(CC)nc(-c2ccc(Cl)cc2)nc1N(CC)CC. The van der Waals surface area contributed by atoms with Crippen LogP contribution < -0.4 is 4.90 Å². The molecule has 0 saturated heterocycles. The second-order valence-electron chi connectivity index (χ2n) is 5.45. The van der Waals surface area contributed by atoms with E-state index in [4.69, 9.17) is 21.3 Å². The quantitative estimate of drug-likeness (QED) is 0.685. The maximum atomic E-state index is 12.5. The molecular formula is C19H24ClN3O2. The maximum Gasteiger partial charge on any atom is 0.343 e. The highest BCUT2D eigenvalue weighted by molar-refractivity contribution is 6.30. The van der Waals surface area contributed by atoms with Crippen molar-refractivity contribution in [2.45, 2.75) is 34.1 Å². The molecule has 1 aromatic carbocycles. The third-order valence-electron chi connectivity index (χ3n) is 3.94. The van der Waals surface area contributed by atoms with E-state index in [9.17, 15) is 4.79 Å². The zero-order valence-corrected chi connectivity index (χ0v) is 15.9. The van der Waals surface area contributed by atoms with Crippen molar-refractivity contribution in [2.75, 3.05) is 24.6 Å². The van der Waals surface area contributed by atoms with Gasteiger partial charge in [0.05, 0.1) is 12.3 Å². The minimum absolute atomic E-state index is 0.318. The van der Waals surface area contributed by atoms with E-state index in [0.29, 0.717) is 40.9 Å². The van der Waals surface area contributed by atoms with Crippen LogP contribution in [0.2, 0.25) is 5.02 Å². The van der Waals surface area contributed by atoms with E-state index in [1.807, 2.05) is 49.9 Å². The van der Waals surface area contributed by atoms with Gasteiger partial charge in [-0.25, -0.2) is 14.8 Å². The van der Waals surface area contributed by atoms with Gasteiger partial charge >= 0.3 is 5.97 Å². The number of anilines is 1. The molecule has 0 bridgehead atoms. The zero-order chi connectivity index (χ0) is 18.4. The molecule has 0 N–H and O–H groups in total. The number of aryl methyl sites for hydroxylation is 1. The number of nitrogens with zero attached hydrogens (tertiary/aromatic N) is 3. The highest BCUT2D eigenvalue weighted by atomic mass is 35.5. The summed E-state index contributed by atoms with van der Waals surface area (Å²) in [7, 11) is 0. The Balaban J connectivity index is 2.67. The van der Waals surface area contributed by atoms with E-state index in [1.54, 1.807) is 6.92 Å². The zero-order valence-electron chi connectivity index (χ0n) is 15.2. The molecule has 6 heteroatoms. The van der Waals surface area contributed by atoms with E-state index in [0.717, 1.165) is 18.7 Å². The van der Waals surface area contributed by atoms with Crippen LogP contribution in [0, 0.1) is 0 Å². The molecule has 0 aliphatic heterocycles. The fourth-order valence-electron chi connectivity index (χ4n) is 2.64. The van der Waals surface area contributed by atoms with Gasteiger partial charge < -0.3 is 9.64 Å². The molecule has 5 nitrogen and oxygen atoms in total. The Morgan fingerprint density at radius 2 is 1.72 bits per heavy atom. The number of hydrogen-bond acceptors (Lipinski definition) is 5. The normalized spacial score (nSPS) is 10.6. The van der Waals surface area contributed by atoms with Crippen molar-refractivity contribution in [2.24, 2.45) is 0 Å². The Morgan fingerprint density at radius 3 is 2.24 bits per heavy atom. The van der Waals surface area contributed by atoms with Crippen molar-refractivity contribution in [3.05, 3.63) is 40.5 Å². The molecule has 0 unspecified atom stereocenters. The molecule has 1 heterocycles. The van der Waals surface area contributed by atoms with Gasteiger partial charge in [-0.1, -0.05) is 18.5 Å². The van der Waals surface area contributed by atoms with Crippen LogP contribution in [0.1, 0.15) is 43.7 Å². The summed E-state index contributed by atoms with van der Waals surface area (Å²) in [5.41, 5.74) is 2.02. The molecule has 134 valence electrons. The molecule has 0 aliphatic carbocycles. The van der Waals surface area contributed by atoms with Crippen LogP contribution in [-0.2, 0) is 11.2 Å². The minimum atomic E-state index is -0.371. The average molecular weight is 362 g/mol. The van der Waals surface area contributed by atoms with Gasteiger partial charge in [0.25, 0.3) is 0 Å². The van der Waals surface area contributed by atoms with Gasteiger partial charge in [-0.05, 0) is 51.5 Å². The average Bonchev–Trinajstić information content (AvgIpc) is 2.62. The lowest BCUT2D eigenvalue weighted by Crippen LogP contribution is -2.27. The van der Waals surface area contributed by atoms with E-state index in [1.165, 1.54) is 0 Å². The molecule has 25 heavy (non-hydrogen) atoms. The van der Waals surface area contributed by atoms with Crippen molar-refractivity contribution in [3.63, 3.8) is 0 Å². The Labute approximate surface area is 154 Å². The Kier molecular flexibility index (Phi) is 6.76. The van der Waals surface area contributed by atoms with Gasteiger partial charge in [0.15, 0.2) is 5.82 Å². The predicted molar refractivity (Wildman–Crippen MR) is 101 cm³/mol. The van der Waals surface area contributed by atoms with Gasteiger partial charge in [0.1, 0.15) is 11.4 Å². The Bertz CT molecular complexity index is 728. The van der Waals surface area contributed by atoms with Crippen molar-refractivity contribution >= 4 is 23.4 Å². The number of ether oxygens (including phenoxy) is 1. The molecule has 0 spiro atoms. The second-order valence-corrected chi connectivity index (χ2v) is 5.88. The summed E-state index contributed by atoms with van der Waals surface area (Å²) in [5.74, 6) is 0.840. The molecule has 0 fully saturated rings. The van der Waals surface area contributed by atoms with E-state index >= 15 is 0 Å². The molecule has 0 aliphatic rings. The summed E-state index contributed by atoms with van der Waals surface area (Å²) in [5, 5.41) is 0.659. The van der Waals surface area contributed by atoms with Crippen molar-refractivity contribution < 1.29 is 9.53 Å². The molecule has 0 saturated carbocycles. The van der Waals surface area contributed by atoms with Gasteiger partial charge in [-0.15, -0.1) is 0 Å². The molecule has 0 atom stereocenters. The maximum absolute atomic E-state index is 12.5. The van der Waals surface area contributed by atoms with Crippen molar-refractivity contribution in [3.8, 4) is 11.4 Å². The lowest BCUT2D eigenvalue weighted by Gasteiger charge is -2.24. The Morgan fingerprint density at radius 1 is 1.08 bits per heavy atom. The highest BCUT2D eigenvalue weighted by Crippen LogP contribution is 2.27. The number of carbonyl (C=O) groups excluding carboxylic acids is 1. The molecular weight excluding hydrogens is 338 g/mol. The van der Waals surface area contributed by atoms with E-state index < -0.39 is 0 Å². The first kappa shape index (κ1) is 19.2. The fourth-order valence-corrected chi connectivity index (χ4v) is 2.77. The van der Waals surface area contributed by atoms with Gasteiger partial charge in [0, 0.05) is 23.7 Å². The summed E-state index contributed by atoms with van der Waals surface area (Å²) in [6.45, 7) is 9.64. The van der Waals surface area contributed by atoms with Crippen LogP contribution in [0.3, 0.4) is 0 Å². The number of benzene rings is 1. The number of rotatable bonds is 7. The number of carbonyl (C=O) groups is 1. The fraction of sp³-hybridized carbons (Fsp3) is 0.421. The largest absolute Gasteiger partial charge is 0.462 e. The van der Waals surface area contributed by atoms with Crippen molar-refractivity contribution in [1.29, 1.82) is 0 Å². The standard InChI is InChI=1S/C19H24ClN3O2/c1-5-15-16(19(24)25-8-4)18(23(6-2)7-3)22-17(21-15)13-9-11-14(20)12-10-13/h9-12H,5-8H2,1-4H3. The number of halogens is 1. The van der Waals surface area contributed by atoms with Crippen LogP contribution >= 0.6 is 11.6 Å². The van der Waals surface area contributed by atoms with Gasteiger partial charge in [-0.2, -0.15) is 0 Å². The topological polar surface area (TPSA) is 55.3 Å². The summed E-state index contributed by atoms with van der Waals surface area (Å²) in [4.78, 5) is 23.9. The first-order valence-corrected chi connectivity index (χ1v) is 9.02. The first-order chi connectivity index (χ1) is 12.0. The van der Waals surface area contributed by atoms with Crippen molar-refractivity contribution in [1.82, 2.24) is 9.97 Å². The van der Waals surface area contributed by atoms with Gasteiger partial charge in [0.2, 0.25) is 0 Å². The monoisotopic (exact) mass is 361 g/mol. The summed E-state index contributed by atoms with van der Waals surface area (Å²) in [6.07, 6.45) is 0.617. The molecule has 2 rings (SSSR count). The lowest BCUT2D eigenvalue weighted by molar-refractivity contribution is 0.0525. The first-order valence-electron chi connectivity index (χ1n) is 8.64. The Hall–Kier alpha value is -2.14. The minimum Gasteiger partial charge on any atom is -0.462 e. The van der Waals surface area contributed by atoms with Crippen LogP contribution in [0.25, 0.3) is 11.4 Å². The number of hydrogen-bond donors (Lipinski definition) is 0. The van der Waals surface area contributed by atoms with Crippen LogP contribution in [0.4, 0.5) is 5.82 Å². The number of esters is 1. The molecule has 1 aromatic heterocycles. The van der Waals surface area contributed by atoms with Crippen LogP contribution in [0.15, 0.2) is 24.3 Å². The van der Waals surface area contributed by atoms with E-state index in [-0.39, 0.29) is 5.97 Å². The second kappa shape index (κ2) is 8.81. The van der Waals surface area contributed by atoms with Crippen LogP contribution in [0.5, 0.6) is 0 Å². The summed E-state index contributed by atoms with van der Waals surface area (Å²) < 4.78 is 5.25. The summed E-state index contributed by atoms with van der Waals surface area (Å²) in [6, 6.07) is 7.38. The summed E-state index contributed by atoms with van der Waals surface area (Å²) >= 11 is 5.98. The molecule has 0 amide bonds. The third kappa shape index (κ3) is 4.28. The number of aromatic nitrogens is 2.